The van der Waals surface area contributed by atoms with Crippen LogP contribution < -0.4 is 0 Å². The zero-order valence-corrected chi connectivity index (χ0v) is 9.56. The summed E-state index contributed by atoms with van der Waals surface area (Å²) < 4.78 is 4.95. The van der Waals surface area contributed by atoms with Crippen molar-refractivity contribution in [3.8, 4) is 0 Å². The molecule has 0 aliphatic rings. The normalized spacial score (nSPS) is 10.1. The van der Waals surface area contributed by atoms with Crippen molar-refractivity contribution >= 4 is 16.7 Å². The second-order valence-corrected chi connectivity index (χ2v) is 3.80. The second kappa shape index (κ2) is 5.30. The Morgan fingerprint density at radius 1 is 1.18 bits per heavy atom. The maximum absolute atomic E-state index is 10.9. The zero-order valence-electron chi connectivity index (χ0n) is 9.56. The fourth-order valence-electron chi connectivity index (χ4n) is 1.72. The van der Waals surface area contributed by atoms with E-state index in [0.717, 1.165) is 6.42 Å². The van der Waals surface area contributed by atoms with Crippen molar-refractivity contribution < 1.29 is 9.53 Å². The minimum Gasteiger partial charge on any atom is -0.462 e. The van der Waals surface area contributed by atoms with E-state index in [4.69, 9.17) is 4.74 Å². The standard InChI is InChI=1S/C15H14O2/c1-2-15(16)17-10-9-12-7-8-13-5-3-4-6-14(13)11-12/h2-8,11H,1,9-10H2. The van der Waals surface area contributed by atoms with Crippen LogP contribution in [0.4, 0.5) is 0 Å². The predicted molar refractivity (Wildman–Crippen MR) is 68.8 cm³/mol. The van der Waals surface area contributed by atoms with E-state index in [1.807, 2.05) is 12.1 Å². The van der Waals surface area contributed by atoms with Crippen molar-refractivity contribution in [2.45, 2.75) is 6.42 Å². The molecule has 0 fully saturated rings. The van der Waals surface area contributed by atoms with Crippen LogP contribution in [0.2, 0.25) is 0 Å². The third-order valence-corrected chi connectivity index (χ3v) is 2.62. The number of ether oxygens (including phenoxy) is 1. The van der Waals surface area contributed by atoms with E-state index in [-0.39, 0.29) is 5.97 Å². The molecule has 0 atom stereocenters. The first-order valence-corrected chi connectivity index (χ1v) is 5.56. The molecule has 0 saturated heterocycles. The van der Waals surface area contributed by atoms with Crippen molar-refractivity contribution in [1.82, 2.24) is 0 Å². The summed E-state index contributed by atoms with van der Waals surface area (Å²) in [6, 6.07) is 14.5. The molecule has 0 aliphatic carbocycles. The number of hydrogen-bond acceptors (Lipinski definition) is 2. The van der Waals surface area contributed by atoms with E-state index in [9.17, 15) is 4.79 Å². The van der Waals surface area contributed by atoms with E-state index in [0.29, 0.717) is 6.61 Å². The zero-order chi connectivity index (χ0) is 12.1. The Kier molecular flexibility index (Phi) is 3.55. The number of rotatable bonds is 4. The molecule has 0 aromatic heterocycles. The smallest absolute Gasteiger partial charge is 0.330 e. The lowest BCUT2D eigenvalue weighted by Gasteiger charge is -2.04. The van der Waals surface area contributed by atoms with Crippen LogP contribution in [-0.4, -0.2) is 12.6 Å². The second-order valence-electron chi connectivity index (χ2n) is 3.80. The van der Waals surface area contributed by atoms with Crippen LogP contribution in [0.3, 0.4) is 0 Å². The average molecular weight is 226 g/mol. The Bertz CT molecular complexity index is 543. The van der Waals surface area contributed by atoms with Crippen LogP contribution in [0, 0.1) is 0 Å². The van der Waals surface area contributed by atoms with Crippen LogP contribution in [0.25, 0.3) is 10.8 Å². The molecular weight excluding hydrogens is 212 g/mol. The Hall–Kier alpha value is -2.09. The van der Waals surface area contributed by atoms with Gasteiger partial charge in [0.1, 0.15) is 0 Å². The summed E-state index contributed by atoms with van der Waals surface area (Å²) >= 11 is 0. The fourth-order valence-corrected chi connectivity index (χ4v) is 1.72. The molecule has 2 nitrogen and oxygen atoms in total. The van der Waals surface area contributed by atoms with E-state index in [1.165, 1.54) is 22.4 Å². The Morgan fingerprint density at radius 2 is 1.94 bits per heavy atom. The Labute approximate surface area is 101 Å². The first-order valence-electron chi connectivity index (χ1n) is 5.56. The maximum Gasteiger partial charge on any atom is 0.330 e. The van der Waals surface area contributed by atoms with Gasteiger partial charge < -0.3 is 4.74 Å². The highest BCUT2D eigenvalue weighted by atomic mass is 16.5. The molecule has 86 valence electrons. The SMILES string of the molecule is C=CC(=O)OCCc1ccc2ccccc2c1. The number of hydrogen-bond donors (Lipinski definition) is 0. The van der Waals surface area contributed by atoms with E-state index >= 15 is 0 Å². The van der Waals surface area contributed by atoms with E-state index < -0.39 is 0 Å². The van der Waals surface area contributed by atoms with Crippen molar-refractivity contribution in [2.75, 3.05) is 6.61 Å². The maximum atomic E-state index is 10.9. The van der Waals surface area contributed by atoms with Gasteiger partial charge in [-0.25, -0.2) is 4.79 Å². The van der Waals surface area contributed by atoms with Gasteiger partial charge in [-0.05, 0) is 16.3 Å². The third kappa shape index (κ3) is 2.94. The first-order chi connectivity index (χ1) is 8.29. The highest BCUT2D eigenvalue weighted by molar-refractivity contribution is 5.83. The van der Waals surface area contributed by atoms with Gasteiger partial charge in [0.25, 0.3) is 0 Å². The summed E-state index contributed by atoms with van der Waals surface area (Å²) in [5.41, 5.74) is 1.17. The predicted octanol–water partition coefficient (Wildman–Crippen LogP) is 3.11. The van der Waals surface area contributed by atoms with E-state index in [2.05, 4.69) is 36.9 Å². The quantitative estimate of drug-likeness (QED) is 0.591. The summed E-state index contributed by atoms with van der Waals surface area (Å²) in [6.45, 7) is 3.74. The molecule has 2 heteroatoms. The topological polar surface area (TPSA) is 26.3 Å². The van der Waals surface area contributed by atoms with Crippen LogP contribution in [-0.2, 0) is 16.0 Å². The molecule has 0 bridgehead atoms. The summed E-state index contributed by atoms with van der Waals surface area (Å²) in [7, 11) is 0. The minimum absolute atomic E-state index is 0.370. The monoisotopic (exact) mass is 226 g/mol. The third-order valence-electron chi connectivity index (χ3n) is 2.62. The molecule has 0 spiro atoms. The van der Waals surface area contributed by atoms with Gasteiger partial charge in [0.15, 0.2) is 0 Å². The lowest BCUT2D eigenvalue weighted by atomic mass is 10.1. The number of benzene rings is 2. The highest BCUT2D eigenvalue weighted by Gasteiger charge is 1.98. The van der Waals surface area contributed by atoms with E-state index in [1.54, 1.807) is 0 Å². The number of fused-ring (bicyclic) bond motifs is 1. The summed E-state index contributed by atoms with van der Waals surface area (Å²) in [6.07, 6.45) is 1.91. The number of carbonyl (C=O) groups is 1. The molecule has 0 unspecified atom stereocenters. The van der Waals surface area contributed by atoms with Gasteiger partial charge in [0.2, 0.25) is 0 Å². The van der Waals surface area contributed by atoms with Crippen LogP contribution in [0.15, 0.2) is 55.1 Å². The summed E-state index contributed by atoms with van der Waals surface area (Å²) in [5, 5.41) is 2.43. The van der Waals surface area contributed by atoms with Gasteiger partial charge in [0, 0.05) is 12.5 Å². The Balaban J connectivity index is 2.04. The van der Waals surface area contributed by atoms with Crippen molar-refractivity contribution in [3.63, 3.8) is 0 Å². The minimum atomic E-state index is -0.370. The molecule has 0 saturated carbocycles. The number of esters is 1. The van der Waals surface area contributed by atoms with Gasteiger partial charge in [-0.3, -0.25) is 0 Å². The highest BCUT2D eigenvalue weighted by Crippen LogP contribution is 2.15. The summed E-state index contributed by atoms with van der Waals surface area (Å²) in [5.74, 6) is -0.370. The average Bonchev–Trinajstić information content (AvgIpc) is 2.38. The van der Waals surface area contributed by atoms with Gasteiger partial charge in [-0.2, -0.15) is 0 Å². The molecule has 0 N–H and O–H groups in total. The van der Waals surface area contributed by atoms with Crippen molar-refractivity contribution in [2.24, 2.45) is 0 Å². The molecular formula is C15H14O2. The van der Waals surface area contributed by atoms with Gasteiger partial charge in [0.05, 0.1) is 6.61 Å². The van der Waals surface area contributed by atoms with Crippen LogP contribution >= 0.6 is 0 Å². The number of carbonyl (C=O) groups excluding carboxylic acids is 1. The lowest BCUT2D eigenvalue weighted by Crippen LogP contribution is -2.04. The summed E-state index contributed by atoms with van der Waals surface area (Å²) in [4.78, 5) is 10.9. The van der Waals surface area contributed by atoms with Crippen molar-refractivity contribution in [3.05, 3.63) is 60.7 Å². The molecule has 2 aromatic rings. The largest absolute Gasteiger partial charge is 0.462 e. The lowest BCUT2D eigenvalue weighted by molar-refractivity contribution is -0.137. The van der Waals surface area contributed by atoms with Gasteiger partial charge in [-0.15, -0.1) is 0 Å². The van der Waals surface area contributed by atoms with Gasteiger partial charge >= 0.3 is 5.97 Å². The molecule has 0 radical (unpaired) electrons. The van der Waals surface area contributed by atoms with Crippen molar-refractivity contribution in [1.29, 1.82) is 0 Å². The molecule has 17 heavy (non-hydrogen) atoms. The molecule has 2 aromatic carbocycles. The van der Waals surface area contributed by atoms with Crippen LogP contribution in [0.1, 0.15) is 5.56 Å². The molecule has 2 rings (SSSR count). The molecule has 0 aliphatic heterocycles. The fraction of sp³-hybridized carbons (Fsp3) is 0.133. The molecule has 0 heterocycles. The first kappa shape index (κ1) is 11.4. The molecule has 0 amide bonds. The van der Waals surface area contributed by atoms with Crippen LogP contribution in [0.5, 0.6) is 0 Å². The van der Waals surface area contributed by atoms with Gasteiger partial charge in [-0.1, -0.05) is 49.0 Å². The Morgan fingerprint density at radius 3 is 2.71 bits per heavy atom.